The van der Waals surface area contributed by atoms with Crippen molar-refractivity contribution in [3.63, 3.8) is 0 Å². The molecule has 4 N–H and O–H groups in total. The molecule has 1 heterocycles. The van der Waals surface area contributed by atoms with E-state index in [4.69, 9.17) is 8.92 Å². The number of aliphatic hydroxyl groups is 4. The van der Waals surface area contributed by atoms with Crippen molar-refractivity contribution >= 4 is 10.1 Å². The first kappa shape index (κ1) is 17.3. The highest BCUT2D eigenvalue weighted by Gasteiger charge is 2.43. The second-order valence-electron chi connectivity index (χ2n) is 5.09. The Morgan fingerprint density at radius 3 is 2.23 bits per heavy atom. The Morgan fingerprint density at radius 1 is 1.05 bits per heavy atom. The van der Waals surface area contributed by atoms with Gasteiger partial charge in [-0.25, -0.2) is 0 Å². The molecule has 124 valence electrons. The molecule has 0 aromatic heterocycles. The molecule has 5 atom stereocenters. The van der Waals surface area contributed by atoms with Gasteiger partial charge in [0.15, 0.2) is 6.29 Å². The van der Waals surface area contributed by atoms with Gasteiger partial charge in [0.25, 0.3) is 10.1 Å². The molecule has 1 aromatic rings. The molecule has 2 rings (SSSR count). The number of aryl methyl sites for hydroxylation is 1. The highest BCUT2D eigenvalue weighted by atomic mass is 32.2. The number of rotatable bonds is 4. The zero-order valence-corrected chi connectivity index (χ0v) is 12.5. The van der Waals surface area contributed by atoms with Crippen molar-refractivity contribution in [1.82, 2.24) is 0 Å². The van der Waals surface area contributed by atoms with Crippen molar-refractivity contribution in [1.29, 1.82) is 0 Å². The Kier molecular flexibility index (Phi) is 5.17. The first-order valence-corrected chi connectivity index (χ1v) is 7.97. The molecule has 0 aliphatic carbocycles. The van der Waals surface area contributed by atoms with E-state index < -0.39 is 47.4 Å². The fraction of sp³-hybridized carbons (Fsp3) is 0.538. The first-order chi connectivity index (χ1) is 10.2. The van der Waals surface area contributed by atoms with Crippen LogP contribution in [0.4, 0.5) is 0 Å². The number of aliphatic hydroxyl groups excluding tert-OH is 4. The van der Waals surface area contributed by atoms with Crippen molar-refractivity contribution in [3.05, 3.63) is 29.8 Å². The van der Waals surface area contributed by atoms with Crippen LogP contribution in [0.15, 0.2) is 29.2 Å². The van der Waals surface area contributed by atoms with Crippen LogP contribution >= 0.6 is 0 Å². The summed E-state index contributed by atoms with van der Waals surface area (Å²) in [5.74, 6) is 0. The zero-order valence-electron chi connectivity index (χ0n) is 11.7. The van der Waals surface area contributed by atoms with Crippen molar-refractivity contribution in [3.8, 4) is 0 Å². The van der Waals surface area contributed by atoms with Gasteiger partial charge in [0.1, 0.15) is 24.4 Å². The largest absolute Gasteiger partial charge is 0.387 e. The Morgan fingerprint density at radius 2 is 1.64 bits per heavy atom. The summed E-state index contributed by atoms with van der Waals surface area (Å²) < 4.78 is 33.6. The van der Waals surface area contributed by atoms with Gasteiger partial charge in [-0.15, -0.1) is 0 Å². The molecular formula is C13H18O8S. The third kappa shape index (κ3) is 3.63. The van der Waals surface area contributed by atoms with Crippen LogP contribution in [0.3, 0.4) is 0 Å². The van der Waals surface area contributed by atoms with Gasteiger partial charge in [-0.3, -0.25) is 4.18 Å². The molecule has 1 aliphatic rings. The quantitative estimate of drug-likeness (QED) is 0.489. The van der Waals surface area contributed by atoms with E-state index in [2.05, 4.69) is 0 Å². The topological polar surface area (TPSA) is 134 Å². The van der Waals surface area contributed by atoms with Crippen molar-refractivity contribution < 1.29 is 37.8 Å². The Hall–Kier alpha value is -1.07. The fourth-order valence-corrected chi connectivity index (χ4v) is 2.92. The van der Waals surface area contributed by atoms with Gasteiger partial charge in [-0.1, -0.05) is 17.7 Å². The zero-order chi connectivity index (χ0) is 16.5. The van der Waals surface area contributed by atoms with E-state index in [9.17, 15) is 28.8 Å². The maximum atomic E-state index is 12.0. The van der Waals surface area contributed by atoms with Crippen LogP contribution in [-0.2, 0) is 19.0 Å². The van der Waals surface area contributed by atoms with E-state index >= 15 is 0 Å². The van der Waals surface area contributed by atoms with Crippen molar-refractivity contribution in [2.45, 2.75) is 42.5 Å². The second-order valence-corrected chi connectivity index (χ2v) is 6.70. The molecule has 0 amide bonds. The standard InChI is InChI=1S/C13H18O8S/c1-7-2-4-8(5-3-7)22(18,19)20-6-9-10(14)11(15)12(16)13(17)21-9/h2-5,9-17H,6H2,1H3/t9?,10-,11?,12-,13?/m0/s1. The van der Waals surface area contributed by atoms with Crippen LogP contribution in [0.25, 0.3) is 0 Å². The molecule has 1 saturated heterocycles. The van der Waals surface area contributed by atoms with Crippen LogP contribution in [0.2, 0.25) is 0 Å². The average molecular weight is 334 g/mol. The summed E-state index contributed by atoms with van der Waals surface area (Å²) >= 11 is 0. The summed E-state index contributed by atoms with van der Waals surface area (Å²) in [5.41, 5.74) is 0.880. The lowest BCUT2D eigenvalue weighted by molar-refractivity contribution is -0.285. The van der Waals surface area contributed by atoms with Crippen molar-refractivity contribution in [2.24, 2.45) is 0 Å². The maximum absolute atomic E-state index is 12.0. The molecular weight excluding hydrogens is 316 g/mol. The Balaban J connectivity index is 2.04. The minimum atomic E-state index is -4.07. The lowest BCUT2D eigenvalue weighted by Gasteiger charge is -2.37. The molecule has 0 saturated carbocycles. The van der Waals surface area contributed by atoms with Crippen LogP contribution in [0, 0.1) is 6.92 Å². The van der Waals surface area contributed by atoms with Gasteiger partial charge in [0, 0.05) is 0 Å². The van der Waals surface area contributed by atoms with Gasteiger partial charge in [0.2, 0.25) is 0 Å². The minimum Gasteiger partial charge on any atom is -0.387 e. The van der Waals surface area contributed by atoms with Gasteiger partial charge >= 0.3 is 0 Å². The Labute approximate surface area is 127 Å². The molecule has 0 radical (unpaired) electrons. The first-order valence-electron chi connectivity index (χ1n) is 6.56. The summed E-state index contributed by atoms with van der Waals surface area (Å²) in [5, 5.41) is 37.9. The molecule has 1 aromatic carbocycles. The number of hydrogen-bond donors (Lipinski definition) is 4. The van der Waals surface area contributed by atoms with Gasteiger partial charge < -0.3 is 25.2 Å². The van der Waals surface area contributed by atoms with Crippen molar-refractivity contribution in [2.75, 3.05) is 6.61 Å². The number of hydrogen-bond acceptors (Lipinski definition) is 8. The third-order valence-corrected chi connectivity index (χ3v) is 4.68. The van der Waals surface area contributed by atoms with E-state index in [0.717, 1.165) is 5.56 Å². The number of ether oxygens (including phenoxy) is 1. The van der Waals surface area contributed by atoms with Crippen LogP contribution in [0.5, 0.6) is 0 Å². The van der Waals surface area contributed by atoms with E-state index in [0.29, 0.717) is 0 Å². The molecule has 9 heteroatoms. The molecule has 1 fully saturated rings. The summed E-state index contributed by atoms with van der Waals surface area (Å²) in [6.45, 7) is 1.19. The molecule has 0 bridgehead atoms. The summed E-state index contributed by atoms with van der Waals surface area (Å²) in [6, 6.07) is 5.95. The fourth-order valence-electron chi connectivity index (χ4n) is 2.00. The summed E-state index contributed by atoms with van der Waals surface area (Å²) in [4.78, 5) is -0.0652. The molecule has 8 nitrogen and oxygen atoms in total. The predicted octanol–water partition coefficient (Wildman–Crippen LogP) is -1.50. The summed E-state index contributed by atoms with van der Waals surface area (Å²) in [7, 11) is -4.07. The predicted molar refractivity (Wildman–Crippen MR) is 73.2 cm³/mol. The second kappa shape index (κ2) is 6.59. The SMILES string of the molecule is Cc1ccc(S(=O)(=O)OCC2OC(O)[C@@H](O)C(O)[C@H]2O)cc1. The third-order valence-electron chi connectivity index (χ3n) is 3.38. The van der Waals surface area contributed by atoms with Crippen LogP contribution in [0.1, 0.15) is 5.56 Å². The Bertz CT molecular complexity index is 599. The summed E-state index contributed by atoms with van der Waals surface area (Å²) in [6.07, 6.45) is -7.98. The molecule has 0 spiro atoms. The smallest absolute Gasteiger partial charge is 0.297 e. The molecule has 1 aliphatic heterocycles. The average Bonchev–Trinajstić information content (AvgIpc) is 2.48. The maximum Gasteiger partial charge on any atom is 0.297 e. The van der Waals surface area contributed by atoms with E-state index in [1.807, 2.05) is 0 Å². The molecule has 22 heavy (non-hydrogen) atoms. The highest BCUT2D eigenvalue weighted by Crippen LogP contribution is 2.21. The van der Waals surface area contributed by atoms with Gasteiger partial charge in [-0.2, -0.15) is 8.42 Å². The lowest BCUT2D eigenvalue weighted by Crippen LogP contribution is -2.58. The monoisotopic (exact) mass is 334 g/mol. The normalized spacial score (nSPS) is 32.9. The van der Waals surface area contributed by atoms with Gasteiger partial charge in [-0.05, 0) is 19.1 Å². The number of benzene rings is 1. The minimum absolute atomic E-state index is 0.0652. The highest BCUT2D eigenvalue weighted by molar-refractivity contribution is 7.86. The van der Waals surface area contributed by atoms with E-state index in [1.165, 1.54) is 12.1 Å². The van der Waals surface area contributed by atoms with Crippen LogP contribution in [-0.4, -0.2) is 66.2 Å². The van der Waals surface area contributed by atoms with E-state index in [1.54, 1.807) is 19.1 Å². The molecule has 3 unspecified atom stereocenters. The van der Waals surface area contributed by atoms with E-state index in [-0.39, 0.29) is 4.90 Å². The lowest BCUT2D eigenvalue weighted by atomic mass is 10.00. The van der Waals surface area contributed by atoms with Gasteiger partial charge in [0.05, 0.1) is 11.5 Å². The van der Waals surface area contributed by atoms with Crippen LogP contribution < -0.4 is 0 Å².